The molecule has 2 saturated heterocycles. The van der Waals surface area contributed by atoms with Gasteiger partial charge >= 0.3 is 0 Å². The number of rotatable bonds is 3. The fourth-order valence-corrected chi connectivity index (χ4v) is 4.31. The highest BCUT2D eigenvalue weighted by Gasteiger charge is 2.34. The topological polar surface area (TPSA) is 50.4 Å². The van der Waals surface area contributed by atoms with Crippen LogP contribution in [0.5, 0.6) is 5.75 Å². The summed E-state index contributed by atoms with van der Waals surface area (Å²) >= 11 is 0. The van der Waals surface area contributed by atoms with Crippen molar-refractivity contribution in [2.45, 2.75) is 56.7 Å². The van der Waals surface area contributed by atoms with Gasteiger partial charge in [-0.2, -0.15) is 0 Å². The van der Waals surface area contributed by atoms with E-state index in [2.05, 4.69) is 16.7 Å². The van der Waals surface area contributed by atoms with Crippen LogP contribution in [-0.4, -0.2) is 30.6 Å². The number of amides is 1. The van der Waals surface area contributed by atoms with Crippen LogP contribution in [-0.2, 0) is 11.2 Å². The summed E-state index contributed by atoms with van der Waals surface area (Å²) in [6.45, 7) is 0.584. The number of halogens is 1. The molecular weight excluding hydrogens is 312 g/mol. The average Bonchev–Trinajstić information content (AvgIpc) is 2.86. The molecule has 4 rings (SSSR count). The molecule has 2 fully saturated rings. The van der Waals surface area contributed by atoms with Crippen LogP contribution in [0.1, 0.15) is 37.7 Å². The number of ether oxygens (including phenoxy) is 1. The summed E-state index contributed by atoms with van der Waals surface area (Å²) in [4.78, 5) is 12.3. The van der Waals surface area contributed by atoms with Crippen LogP contribution in [0.25, 0.3) is 0 Å². The molecule has 126 valence electrons. The van der Waals surface area contributed by atoms with Gasteiger partial charge in [0.2, 0.25) is 5.91 Å². The Hall–Kier alpha value is -1.26. The molecule has 0 spiro atoms. The third-order valence-corrected chi connectivity index (χ3v) is 5.29. The molecule has 2 bridgehead atoms. The lowest BCUT2D eigenvalue weighted by Gasteiger charge is -2.30. The Morgan fingerprint density at radius 1 is 1.22 bits per heavy atom. The third-order valence-electron chi connectivity index (χ3n) is 5.29. The van der Waals surface area contributed by atoms with Crippen LogP contribution in [0, 0.1) is 5.92 Å². The zero-order chi connectivity index (χ0) is 14.9. The number of carbonyl (C=O) groups is 1. The summed E-state index contributed by atoms with van der Waals surface area (Å²) in [6.07, 6.45) is 6.44. The van der Waals surface area contributed by atoms with Gasteiger partial charge in [-0.3, -0.25) is 4.79 Å². The quantitative estimate of drug-likeness (QED) is 0.891. The van der Waals surface area contributed by atoms with E-state index in [1.165, 1.54) is 18.4 Å². The van der Waals surface area contributed by atoms with E-state index in [1.54, 1.807) is 0 Å². The van der Waals surface area contributed by atoms with E-state index >= 15 is 0 Å². The molecule has 5 heteroatoms. The first kappa shape index (κ1) is 16.6. The molecule has 1 aromatic rings. The van der Waals surface area contributed by atoms with Crippen molar-refractivity contribution in [1.29, 1.82) is 0 Å². The van der Waals surface area contributed by atoms with E-state index in [4.69, 9.17) is 4.74 Å². The fraction of sp³-hybridized carbons (Fsp3) is 0.611. The minimum Gasteiger partial charge on any atom is -0.491 e. The molecule has 23 heavy (non-hydrogen) atoms. The van der Waals surface area contributed by atoms with Crippen LogP contribution in [0.4, 0.5) is 0 Å². The maximum absolute atomic E-state index is 12.3. The number of para-hydroxylation sites is 1. The predicted molar refractivity (Wildman–Crippen MR) is 92.1 cm³/mol. The summed E-state index contributed by atoms with van der Waals surface area (Å²) in [5.41, 5.74) is 1.19. The number of benzene rings is 1. The Labute approximate surface area is 143 Å². The predicted octanol–water partition coefficient (Wildman–Crippen LogP) is 2.45. The van der Waals surface area contributed by atoms with Crippen LogP contribution in [0.15, 0.2) is 24.3 Å². The number of nitrogens with one attached hydrogen (secondary N) is 2. The standard InChI is InChI=1S/C18H24N2O2.ClH/c21-18(9-12-7-14-5-6-15(8-12)19-14)20-16-10-13-3-1-2-4-17(13)22-11-16;/h1-4,12,14-16,19H,5-11H2,(H,20,21);1H. The lowest BCUT2D eigenvalue weighted by Crippen LogP contribution is -2.44. The molecule has 3 heterocycles. The van der Waals surface area contributed by atoms with Gasteiger partial charge in [-0.25, -0.2) is 0 Å². The largest absolute Gasteiger partial charge is 0.491 e. The molecule has 0 aromatic heterocycles. The highest BCUT2D eigenvalue weighted by molar-refractivity contribution is 5.85. The number of hydrogen-bond acceptors (Lipinski definition) is 3. The Bertz CT molecular complexity index is 554. The normalized spacial score (nSPS) is 31.5. The van der Waals surface area contributed by atoms with E-state index in [0.717, 1.165) is 25.0 Å². The Morgan fingerprint density at radius 3 is 2.74 bits per heavy atom. The molecule has 4 nitrogen and oxygen atoms in total. The number of hydrogen-bond donors (Lipinski definition) is 2. The molecule has 2 N–H and O–H groups in total. The van der Waals surface area contributed by atoms with Crippen LogP contribution in [0.3, 0.4) is 0 Å². The molecule has 0 saturated carbocycles. The Kier molecular flexibility index (Phi) is 5.12. The monoisotopic (exact) mass is 336 g/mol. The smallest absolute Gasteiger partial charge is 0.220 e. The molecule has 0 aliphatic carbocycles. The lowest BCUT2D eigenvalue weighted by atomic mass is 9.89. The Morgan fingerprint density at radius 2 is 1.96 bits per heavy atom. The Balaban J connectivity index is 0.00000156. The van der Waals surface area contributed by atoms with Gasteiger partial charge in [0.15, 0.2) is 0 Å². The summed E-state index contributed by atoms with van der Waals surface area (Å²) in [7, 11) is 0. The molecule has 3 aliphatic heterocycles. The molecule has 1 amide bonds. The number of carbonyl (C=O) groups excluding carboxylic acids is 1. The van der Waals surface area contributed by atoms with Gasteiger partial charge in [-0.15, -0.1) is 12.4 Å². The first-order valence-electron chi connectivity index (χ1n) is 8.52. The zero-order valence-electron chi connectivity index (χ0n) is 13.3. The van der Waals surface area contributed by atoms with E-state index in [0.29, 0.717) is 31.0 Å². The summed E-state index contributed by atoms with van der Waals surface area (Å²) < 4.78 is 5.75. The van der Waals surface area contributed by atoms with Gasteiger partial charge in [0, 0.05) is 18.5 Å². The SMILES string of the molecule is Cl.O=C(CC1CC2CCC(C1)N2)NC1COc2ccccc2C1. The van der Waals surface area contributed by atoms with Crippen LogP contribution in [0.2, 0.25) is 0 Å². The number of piperidine rings is 1. The van der Waals surface area contributed by atoms with E-state index in [-0.39, 0.29) is 24.4 Å². The van der Waals surface area contributed by atoms with Crippen molar-refractivity contribution in [3.63, 3.8) is 0 Å². The van der Waals surface area contributed by atoms with Gasteiger partial charge in [0.05, 0.1) is 6.04 Å². The van der Waals surface area contributed by atoms with Crippen molar-refractivity contribution in [3.05, 3.63) is 29.8 Å². The molecule has 3 atom stereocenters. The summed E-state index contributed by atoms with van der Waals surface area (Å²) in [5, 5.41) is 6.81. The van der Waals surface area contributed by atoms with E-state index in [9.17, 15) is 4.79 Å². The fourth-order valence-electron chi connectivity index (χ4n) is 4.31. The first-order valence-corrected chi connectivity index (χ1v) is 8.52. The first-order chi connectivity index (χ1) is 10.8. The third kappa shape index (κ3) is 3.81. The molecule has 3 aliphatic rings. The minimum atomic E-state index is 0. The van der Waals surface area contributed by atoms with Gasteiger partial charge in [0.25, 0.3) is 0 Å². The lowest BCUT2D eigenvalue weighted by molar-refractivity contribution is -0.123. The van der Waals surface area contributed by atoms with Crippen molar-refractivity contribution < 1.29 is 9.53 Å². The maximum atomic E-state index is 12.3. The summed E-state index contributed by atoms with van der Waals surface area (Å²) in [5.74, 6) is 1.71. The van der Waals surface area contributed by atoms with Crippen LogP contribution < -0.4 is 15.4 Å². The zero-order valence-corrected chi connectivity index (χ0v) is 14.1. The van der Waals surface area contributed by atoms with E-state index < -0.39 is 0 Å². The molecular formula is C18H25ClN2O2. The average molecular weight is 337 g/mol. The van der Waals surface area contributed by atoms with E-state index in [1.807, 2.05) is 18.2 Å². The van der Waals surface area contributed by atoms with Gasteiger partial charge < -0.3 is 15.4 Å². The second-order valence-electron chi connectivity index (χ2n) is 7.07. The van der Waals surface area contributed by atoms with Gasteiger partial charge in [0.1, 0.15) is 12.4 Å². The second kappa shape index (κ2) is 7.10. The minimum absolute atomic E-state index is 0. The van der Waals surface area contributed by atoms with Crippen molar-refractivity contribution in [1.82, 2.24) is 10.6 Å². The van der Waals surface area contributed by atoms with Crippen LogP contribution >= 0.6 is 12.4 Å². The maximum Gasteiger partial charge on any atom is 0.220 e. The van der Waals surface area contributed by atoms with Gasteiger partial charge in [-0.1, -0.05) is 18.2 Å². The van der Waals surface area contributed by atoms with Crippen molar-refractivity contribution in [2.75, 3.05) is 6.61 Å². The van der Waals surface area contributed by atoms with Crippen molar-refractivity contribution >= 4 is 18.3 Å². The van der Waals surface area contributed by atoms with Gasteiger partial charge in [-0.05, 0) is 49.7 Å². The summed E-state index contributed by atoms with van der Waals surface area (Å²) in [6, 6.07) is 9.51. The highest BCUT2D eigenvalue weighted by Crippen LogP contribution is 2.32. The number of fused-ring (bicyclic) bond motifs is 3. The van der Waals surface area contributed by atoms with Crippen molar-refractivity contribution in [3.8, 4) is 5.75 Å². The molecule has 1 aromatic carbocycles. The molecule has 3 unspecified atom stereocenters. The second-order valence-corrected chi connectivity index (χ2v) is 7.07. The highest BCUT2D eigenvalue weighted by atomic mass is 35.5. The van der Waals surface area contributed by atoms with Crippen molar-refractivity contribution in [2.24, 2.45) is 5.92 Å². The molecule has 0 radical (unpaired) electrons.